The average Bonchev–Trinajstić information content (AvgIpc) is 2.04. The van der Waals surface area contributed by atoms with E-state index >= 15 is 0 Å². The zero-order chi connectivity index (χ0) is 10.9. The van der Waals surface area contributed by atoms with E-state index in [1.165, 1.54) is 0 Å². The zero-order valence-corrected chi connectivity index (χ0v) is 7.27. The van der Waals surface area contributed by atoms with Crippen LogP contribution < -0.4 is 5.73 Å². The minimum Gasteiger partial charge on any atom is -0.478 e. The van der Waals surface area contributed by atoms with E-state index in [1.54, 1.807) is 6.92 Å². The molecule has 0 radical (unpaired) electrons. The standard InChI is InChI=1S/C4H9NO3.C3H4O2/c1-2-3(6)8-4(5)7;1-2-3(4)5/h3,6H,2H2,1H3,(H2,5,7);2H,1H2,(H,4,5). The number of aliphatic hydroxyl groups excluding tert-OH is 1. The first-order valence-electron chi connectivity index (χ1n) is 3.43. The maximum atomic E-state index is 9.81. The van der Waals surface area contributed by atoms with E-state index < -0.39 is 18.4 Å². The summed E-state index contributed by atoms with van der Waals surface area (Å²) in [6.45, 7) is 4.63. The Morgan fingerprint density at radius 1 is 1.69 bits per heavy atom. The average molecular weight is 191 g/mol. The number of carbonyl (C=O) groups is 2. The number of hydrogen-bond acceptors (Lipinski definition) is 4. The summed E-state index contributed by atoms with van der Waals surface area (Å²) in [6.07, 6.45) is -0.796. The van der Waals surface area contributed by atoms with Gasteiger partial charge in [-0.15, -0.1) is 0 Å². The number of amides is 1. The Bertz CT molecular complexity index is 180. The third-order valence-electron chi connectivity index (χ3n) is 0.776. The Morgan fingerprint density at radius 3 is 2.15 bits per heavy atom. The van der Waals surface area contributed by atoms with Crippen molar-refractivity contribution in [1.82, 2.24) is 0 Å². The van der Waals surface area contributed by atoms with Crippen LogP contribution in [0.15, 0.2) is 12.7 Å². The second kappa shape index (κ2) is 8.54. The zero-order valence-electron chi connectivity index (χ0n) is 7.27. The van der Waals surface area contributed by atoms with Crippen LogP contribution in [0.5, 0.6) is 0 Å². The van der Waals surface area contributed by atoms with Gasteiger partial charge in [-0.2, -0.15) is 0 Å². The van der Waals surface area contributed by atoms with Gasteiger partial charge in [-0.1, -0.05) is 13.5 Å². The van der Waals surface area contributed by atoms with E-state index in [4.69, 9.17) is 10.2 Å². The lowest BCUT2D eigenvalue weighted by Crippen LogP contribution is -2.21. The van der Waals surface area contributed by atoms with Gasteiger partial charge in [0.05, 0.1) is 0 Å². The van der Waals surface area contributed by atoms with Gasteiger partial charge >= 0.3 is 12.1 Å². The summed E-state index contributed by atoms with van der Waals surface area (Å²) in [6, 6.07) is 0. The maximum absolute atomic E-state index is 9.81. The summed E-state index contributed by atoms with van der Waals surface area (Å²) in [5.74, 6) is -0.981. The van der Waals surface area contributed by atoms with Gasteiger partial charge in [0.25, 0.3) is 0 Å². The van der Waals surface area contributed by atoms with Gasteiger partial charge in [-0.3, -0.25) is 0 Å². The van der Waals surface area contributed by atoms with Gasteiger partial charge in [0, 0.05) is 12.5 Å². The van der Waals surface area contributed by atoms with E-state index in [2.05, 4.69) is 17.0 Å². The van der Waals surface area contributed by atoms with Crippen LogP contribution in [0.2, 0.25) is 0 Å². The summed E-state index contributed by atoms with van der Waals surface area (Å²) in [5, 5.41) is 16.1. The first-order valence-corrected chi connectivity index (χ1v) is 3.43. The molecule has 0 rings (SSSR count). The van der Waals surface area contributed by atoms with Crippen molar-refractivity contribution in [1.29, 1.82) is 0 Å². The Kier molecular flexibility index (Phi) is 9.19. The quantitative estimate of drug-likeness (QED) is 0.431. The first-order chi connectivity index (χ1) is 5.93. The minimum absolute atomic E-state index is 0.364. The highest BCUT2D eigenvalue weighted by molar-refractivity contribution is 5.78. The third kappa shape index (κ3) is 17.9. The predicted molar refractivity (Wildman–Crippen MR) is 44.8 cm³/mol. The third-order valence-corrected chi connectivity index (χ3v) is 0.776. The summed E-state index contributed by atoms with van der Waals surface area (Å²) >= 11 is 0. The van der Waals surface area contributed by atoms with E-state index in [1.807, 2.05) is 0 Å². The van der Waals surface area contributed by atoms with Crippen molar-refractivity contribution < 1.29 is 24.5 Å². The van der Waals surface area contributed by atoms with Crippen LogP contribution in [-0.2, 0) is 9.53 Å². The van der Waals surface area contributed by atoms with Crippen LogP contribution in [0.1, 0.15) is 13.3 Å². The van der Waals surface area contributed by atoms with Crippen molar-refractivity contribution in [2.75, 3.05) is 0 Å². The second-order valence-corrected chi connectivity index (χ2v) is 1.84. The number of aliphatic hydroxyl groups is 1. The topological polar surface area (TPSA) is 110 Å². The molecule has 0 aromatic carbocycles. The molecule has 0 aliphatic rings. The van der Waals surface area contributed by atoms with Crippen LogP contribution >= 0.6 is 0 Å². The lowest BCUT2D eigenvalue weighted by Gasteiger charge is -2.04. The summed E-state index contributed by atoms with van der Waals surface area (Å²) < 4.78 is 4.09. The number of nitrogens with two attached hydrogens (primary N) is 1. The number of carboxylic acids is 1. The molecule has 1 atom stereocenters. The van der Waals surface area contributed by atoms with E-state index in [9.17, 15) is 9.59 Å². The van der Waals surface area contributed by atoms with Gasteiger partial charge in [0.2, 0.25) is 6.29 Å². The molecule has 1 unspecified atom stereocenters. The fourth-order valence-corrected chi connectivity index (χ4v) is 0.217. The van der Waals surface area contributed by atoms with Crippen molar-refractivity contribution in [3.8, 4) is 0 Å². The lowest BCUT2D eigenvalue weighted by atomic mass is 10.5. The van der Waals surface area contributed by atoms with Crippen LogP contribution in [-0.4, -0.2) is 28.6 Å². The molecule has 0 heterocycles. The molecule has 0 spiro atoms. The van der Waals surface area contributed by atoms with E-state index in [0.717, 1.165) is 6.08 Å². The highest BCUT2D eigenvalue weighted by Gasteiger charge is 2.01. The summed E-state index contributed by atoms with van der Waals surface area (Å²) in [7, 11) is 0. The number of primary amides is 1. The molecule has 1 amide bonds. The van der Waals surface area contributed by atoms with Crippen molar-refractivity contribution in [2.45, 2.75) is 19.6 Å². The number of hydrogen-bond donors (Lipinski definition) is 3. The minimum atomic E-state index is -1.05. The molecule has 0 aromatic rings. The Morgan fingerprint density at radius 2 is 2.08 bits per heavy atom. The largest absolute Gasteiger partial charge is 0.478 e. The van der Waals surface area contributed by atoms with E-state index in [0.29, 0.717) is 6.42 Å². The second-order valence-electron chi connectivity index (χ2n) is 1.84. The molecule has 0 aliphatic heterocycles. The van der Waals surface area contributed by atoms with Crippen LogP contribution in [0.25, 0.3) is 0 Å². The van der Waals surface area contributed by atoms with Crippen LogP contribution in [0, 0.1) is 0 Å². The first kappa shape index (κ1) is 14.0. The molecular weight excluding hydrogens is 178 g/mol. The van der Waals surface area contributed by atoms with Gasteiger partial charge < -0.3 is 20.7 Å². The SMILES string of the molecule is C=CC(=O)O.CCC(O)OC(N)=O. The normalized spacial score (nSPS) is 10.3. The summed E-state index contributed by atoms with van der Waals surface area (Å²) in [4.78, 5) is 19.1. The van der Waals surface area contributed by atoms with Crippen LogP contribution in [0.4, 0.5) is 4.79 Å². The van der Waals surface area contributed by atoms with Crippen molar-refractivity contribution in [2.24, 2.45) is 5.73 Å². The maximum Gasteiger partial charge on any atom is 0.406 e. The Labute approximate surface area is 75.6 Å². The Hall–Kier alpha value is -1.56. The molecule has 0 bridgehead atoms. The fraction of sp³-hybridized carbons (Fsp3) is 0.429. The Balaban J connectivity index is 0. The summed E-state index contributed by atoms with van der Waals surface area (Å²) in [5.41, 5.74) is 4.55. The molecule has 0 fully saturated rings. The smallest absolute Gasteiger partial charge is 0.406 e. The monoisotopic (exact) mass is 191 g/mol. The highest BCUT2D eigenvalue weighted by atomic mass is 16.6. The molecule has 0 saturated carbocycles. The fourth-order valence-electron chi connectivity index (χ4n) is 0.217. The number of carboxylic acid groups (broad SMARTS) is 1. The lowest BCUT2D eigenvalue weighted by molar-refractivity contribution is -0.131. The van der Waals surface area contributed by atoms with Crippen LogP contribution in [0.3, 0.4) is 0 Å². The molecule has 0 saturated heterocycles. The van der Waals surface area contributed by atoms with Crippen molar-refractivity contribution >= 4 is 12.1 Å². The van der Waals surface area contributed by atoms with Gasteiger partial charge in [0.1, 0.15) is 0 Å². The van der Waals surface area contributed by atoms with Crippen molar-refractivity contribution in [3.63, 3.8) is 0 Å². The molecule has 0 aliphatic carbocycles. The molecular formula is C7H13NO5. The molecule has 13 heavy (non-hydrogen) atoms. The number of ether oxygens (including phenoxy) is 1. The predicted octanol–water partition coefficient (Wildman–Crippen LogP) is 0.0671. The molecule has 76 valence electrons. The number of rotatable bonds is 3. The number of aliphatic carboxylic acids is 1. The van der Waals surface area contributed by atoms with Gasteiger partial charge in [0.15, 0.2) is 0 Å². The molecule has 4 N–H and O–H groups in total. The van der Waals surface area contributed by atoms with Gasteiger partial charge in [-0.25, -0.2) is 9.59 Å². The highest BCUT2D eigenvalue weighted by Crippen LogP contribution is 1.89. The number of carbonyl (C=O) groups excluding carboxylic acids is 1. The molecule has 6 heteroatoms. The van der Waals surface area contributed by atoms with Crippen molar-refractivity contribution in [3.05, 3.63) is 12.7 Å². The molecule has 0 aromatic heterocycles. The molecule has 6 nitrogen and oxygen atoms in total. The van der Waals surface area contributed by atoms with Gasteiger partial charge in [-0.05, 0) is 0 Å². The van der Waals surface area contributed by atoms with E-state index in [-0.39, 0.29) is 0 Å².